The van der Waals surface area contributed by atoms with Gasteiger partial charge in [-0.1, -0.05) is 24.3 Å². The SMILES string of the molecule is CC(=O)O[C@H]1c2c(ccc3ncccc23)C=C[C@@H]1O. The van der Waals surface area contributed by atoms with E-state index in [4.69, 9.17) is 4.74 Å². The minimum absolute atomic E-state index is 0.411. The van der Waals surface area contributed by atoms with Crippen molar-refractivity contribution >= 4 is 22.9 Å². The number of nitrogens with zero attached hydrogens (tertiary/aromatic N) is 1. The van der Waals surface area contributed by atoms with E-state index in [1.807, 2.05) is 30.3 Å². The zero-order valence-electron chi connectivity index (χ0n) is 10.4. The van der Waals surface area contributed by atoms with Crippen molar-refractivity contribution in [2.75, 3.05) is 0 Å². The van der Waals surface area contributed by atoms with Crippen molar-refractivity contribution in [1.29, 1.82) is 0 Å². The van der Waals surface area contributed by atoms with Crippen LogP contribution >= 0.6 is 0 Å². The normalized spacial score (nSPS) is 21.2. The van der Waals surface area contributed by atoms with Crippen molar-refractivity contribution in [3.8, 4) is 0 Å². The highest BCUT2D eigenvalue weighted by Crippen LogP contribution is 2.36. The van der Waals surface area contributed by atoms with Crippen molar-refractivity contribution in [2.24, 2.45) is 0 Å². The molecule has 0 radical (unpaired) electrons. The summed E-state index contributed by atoms with van der Waals surface area (Å²) >= 11 is 0. The molecule has 19 heavy (non-hydrogen) atoms. The maximum absolute atomic E-state index is 11.2. The molecule has 0 amide bonds. The summed E-state index contributed by atoms with van der Waals surface area (Å²) in [5.74, 6) is -0.411. The van der Waals surface area contributed by atoms with Gasteiger partial charge in [0.2, 0.25) is 0 Å². The van der Waals surface area contributed by atoms with E-state index in [1.54, 1.807) is 12.3 Å². The van der Waals surface area contributed by atoms with E-state index >= 15 is 0 Å². The fourth-order valence-corrected chi connectivity index (χ4v) is 2.44. The monoisotopic (exact) mass is 255 g/mol. The molecule has 1 aromatic heterocycles. The highest BCUT2D eigenvalue weighted by atomic mass is 16.6. The molecule has 0 spiro atoms. The smallest absolute Gasteiger partial charge is 0.303 e. The number of aliphatic hydroxyl groups excluding tert-OH is 1. The highest BCUT2D eigenvalue weighted by Gasteiger charge is 2.29. The first-order valence-corrected chi connectivity index (χ1v) is 6.08. The Balaban J connectivity index is 2.24. The van der Waals surface area contributed by atoms with Gasteiger partial charge < -0.3 is 9.84 Å². The second-order valence-corrected chi connectivity index (χ2v) is 4.52. The number of pyridine rings is 1. The molecule has 1 heterocycles. The van der Waals surface area contributed by atoms with Crippen LogP contribution in [0.15, 0.2) is 36.5 Å². The number of esters is 1. The second-order valence-electron chi connectivity index (χ2n) is 4.52. The van der Waals surface area contributed by atoms with Gasteiger partial charge in [0.25, 0.3) is 0 Å². The van der Waals surface area contributed by atoms with Crippen LogP contribution in [0.5, 0.6) is 0 Å². The van der Waals surface area contributed by atoms with Crippen LogP contribution in [0.1, 0.15) is 24.2 Å². The molecular weight excluding hydrogens is 242 g/mol. The maximum atomic E-state index is 11.2. The van der Waals surface area contributed by atoms with E-state index < -0.39 is 18.2 Å². The van der Waals surface area contributed by atoms with Gasteiger partial charge in [0, 0.05) is 24.1 Å². The molecule has 0 fully saturated rings. The highest BCUT2D eigenvalue weighted by molar-refractivity contribution is 5.87. The third-order valence-corrected chi connectivity index (χ3v) is 3.22. The Kier molecular flexibility index (Phi) is 2.80. The summed E-state index contributed by atoms with van der Waals surface area (Å²) in [5, 5.41) is 10.9. The van der Waals surface area contributed by atoms with Crippen LogP contribution < -0.4 is 0 Å². The molecule has 1 N–H and O–H groups in total. The quantitative estimate of drug-likeness (QED) is 0.794. The number of rotatable bonds is 1. The summed E-state index contributed by atoms with van der Waals surface area (Å²) in [5.41, 5.74) is 2.58. The predicted octanol–water partition coefficient (Wildman–Crippen LogP) is 2.23. The molecule has 2 atom stereocenters. The molecule has 3 rings (SSSR count). The van der Waals surface area contributed by atoms with Crippen LogP contribution in [-0.2, 0) is 9.53 Å². The molecule has 1 aliphatic rings. The number of carbonyl (C=O) groups is 1. The second kappa shape index (κ2) is 4.48. The number of ether oxygens (including phenoxy) is 1. The molecule has 4 nitrogen and oxygen atoms in total. The van der Waals surface area contributed by atoms with Gasteiger partial charge in [-0.25, -0.2) is 0 Å². The molecule has 0 saturated heterocycles. The van der Waals surface area contributed by atoms with Crippen LogP contribution in [0.4, 0.5) is 0 Å². The number of hydrogen-bond acceptors (Lipinski definition) is 4. The van der Waals surface area contributed by atoms with Gasteiger partial charge in [-0.3, -0.25) is 9.78 Å². The van der Waals surface area contributed by atoms with Crippen molar-refractivity contribution in [2.45, 2.75) is 19.1 Å². The Morgan fingerprint density at radius 1 is 1.37 bits per heavy atom. The molecule has 0 bridgehead atoms. The lowest BCUT2D eigenvalue weighted by Gasteiger charge is -2.27. The largest absolute Gasteiger partial charge is 0.454 e. The van der Waals surface area contributed by atoms with E-state index in [0.29, 0.717) is 0 Å². The van der Waals surface area contributed by atoms with Gasteiger partial charge in [-0.05, 0) is 17.7 Å². The lowest BCUT2D eigenvalue weighted by Crippen LogP contribution is -2.24. The number of fused-ring (bicyclic) bond motifs is 3. The molecule has 2 aromatic rings. The number of carbonyl (C=O) groups excluding carboxylic acids is 1. The third-order valence-electron chi connectivity index (χ3n) is 3.22. The van der Waals surface area contributed by atoms with Gasteiger partial charge in [0.1, 0.15) is 6.10 Å². The summed E-state index contributed by atoms with van der Waals surface area (Å²) in [6.07, 6.45) is 3.68. The summed E-state index contributed by atoms with van der Waals surface area (Å²) in [6.45, 7) is 1.34. The molecule has 1 aromatic carbocycles. The van der Waals surface area contributed by atoms with E-state index in [-0.39, 0.29) is 0 Å². The summed E-state index contributed by atoms with van der Waals surface area (Å²) in [6, 6.07) is 7.59. The zero-order valence-corrected chi connectivity index (χ0v) is 10.4. The number of aliphatic hydroxyl groups is 1. The Morgan fingerprint density at radius 3 is 3.00 bits per heavy atom. The van der Waals surface area contributed by atoms with Gasteiger partial charge >= 0.3 is 5.97 Å². The first-order chi connectivity index (χ1) is 9.16. The summed E-state index contributed by atoms with van der Waals surface area (Å²) in [4.78, 5) is 15.5. The first kappa shape index (κ1) is 11.9. The molecule has 1 aliphatic carbocycles. The van der Waals surface area contributed by atoms with Crippen molar-refractivity contribution in [3.05, 3.63) is 47.7 Å². The van der Waals surface area contributed by atoms with Gasteiger partial charge in [-0.2, -0.15) is 0 Å². The van der Waals surface area contributed by atoms with Crippen molar-refractivity contribution in [3.63, 3.8) is 0 Å². The van der Waals surface area contributed by atoms with Gasteiger partial charge in [-0.15, -0.1) is 0 Å². The molecule has 4 heteroatoms. The zero-order chi connectivity index (χ0) is 13.4. The molecular formula is C15H13NO3. The number of hydrogen-bond donors (Lipinski definition) is 1. The average Bonchev–Trinajstić information content (AvgIpc) is 2.41. The molecule has 0 saturated carbocycles. The minimum Gasteiger partial charge on any atom is -0.454 e. The Bertz CT molecular complexity index is 678. The number of aromatic nitrogens is 1. The minimum atomic E-state index is -0.831. The maximum Gasteiger partial charge on any atom is 0.303 e. The molecule has 0 unspecified atom stereocenters. The lowest BCUT2D eigenvalue weighted by atomic mass is 9.89. The van der Waals surface area contributed by atoms with Crippen LogP contribution in [0.2, 0.25) is 0 Å². The number of benzene rings is 1. The van der Waals surface area contributed by atoms with Crippen LogP contribution in [0.3, 0.4) is 0 Å². The Labute approximate surface area is 110 Å². The van der Waals surface area contributed by atoms with E-state index in [2.05, 4.69) is 4.98 Å². The molecule has 0 aliphatic heterocycles. The van der Waals surface area contributed by atoms with Crippen molar-refractivity contribution in [1.82, 2.24) is 4.98 Å². The first-order valence-electron chi connectivity index (χ1n) is 6.08. The average molecular weight is 255 g/mol. The van der Waals surface area contributed by atoms with E-state index in [9.17, 15) is 9.90 Å². The standard InChI is InChI=1S/C15H13NO3/c1-9(17)19-15-13(18)7-5-10-4-6-12-11(14(10)15)3-2-8-16-12/h2-8,13,15,18H,1H3/t13-,15+/m0/s1. The third kappa shape index (κ3) is 2.00. The fraction of sp³-hybridized carbons (Fsp3) is 0.200. The molecule has 96 valence electrons. The summed E-state index contributed by atoms with van der Waals surface area (Å²) < 4.78 is 5.27. The van der Waals surface area contributed by atoms with E-state index in [0.717, 1.165) is 22.0 Å². The van der Waals surface area contributed by atoms with Crippen molar-refractivity contribution < 1.29 is 14.6 Å². The predicted molar refractivity (Wildman–Crippen MR) is 71.3 cm³/mol. The van der Waals surface area contributed by atoms with Crippen LogP contribution in [0.25, 0.3) is 17.0 Å². The van der Waals surface area contributed by atoms with Gasteiger partial charge in [0.05, 0.1) is 5.52 Å². The van der Waals surface area contributed by atoms with Crippen LogP contribution in [0, 0.1) is 0 Å². The van der Waals surface area contributed by atoms with Crippen LogP contribution in [-0.4, -0.2) is 22.2 Å². The fourth-order valence-electron chi connectivity index (χ4n) is 2.44. The van der Waals surface area contributed by atoms with Gasteiger partial charge in [0.15, 0.2) is 6.10 Å². The Hall–Kier alpha value is -2.20. The topological polar surface area (TPSA) is 59.4 Å². The lowest BCUT2D eigenvalue weighted by molar-refractivity contribution is -0.151. The summed E-state index contributed by atoms with van der Waals surface area (Å²) in [7, 11) is 0. The Morgan fingerprint density at radius 2 is 2.21 bits per heavy atom. The van der Waals surface area contributed by atoms with E-state index in [1.165, 1.54) is 6.92 Å².